The zero-order chi connectivity index (χ0) is 18.7. The van der Waals surface area contributed by atoms with Gasteiger partial charge >= 0.3 is 6.18 Å². The zero-order valence-corrected chi connectivity index (χ0v) is 14.4. The molecule has 0 aliphatic heterocycles. The Morgan fingerprint density at radius 2 is 1.85 bits per heavy atom. The molecule has 1 unspecified atom stereocenters. The molecule has 1 aromatic carbocycles. The van der Waals surface area contributed by atoms with E-state index in [-0.39, 0.29) is 17.7 Å². The van der Waals surface area contributed by atoms with Crippen LogP contribution >= 0.6 is 0 Å². The van der Waals surface area contributed by atoms with Crippen LogP contribution in [0.2, 0.25) is 0 Å². The fraction of sp³-hybridized carbons (Fsp3) is 0.353. The average molecular weight is 364 g/mol. The van der Waals surface area contributed by atoms with Gasteiger partial charge in [-0.15, -0.1) is 0 Å². The van der Waals surface area contributed by atoms with Crippen molar-refractivity contribution in [3.63, 3.8) is 0 Å². The minimum Gasteiger partial charge on any atom is -0.360 e. The molecule has 6 nitrogen and oxygen atoms in total. The van der Waals surface area contributed by atoms with Gasteiger partial charge in [0.1, 0.15) is 12.4 Å². The second-order valence-corrected chi connectivity index (χ2v) is 6.06. The molecule has 26 heavy (non-hydrogen) atoms. The van der Waals surface area contributed by atoms with Gasteiger partial charge in [-0.25, -0.2) is 0 Å². The Kier molecular flexibility index (Phi) is 4.97. The molecule has 0 spiro atoms. The van der Waals surface area contributed by atoms with Gasteiger partial charge in [-0.2, -0.15) is 28.2 Å². The quantitative estimate of drug-likeness (QED) is 0.700. The predicted octanol–water partition coefficient (Wildman–Crippen LogP) is 3.55. The van der Waals surface area contributed by atoms with Crippen molar-refractivity contribution in [1.82, 2.24) is 19.7 Å². The number of aryl methyl sites for hydroxylation is 1. The van der Waals surface area contributed by atoms with Gasteiger partial charge in [0.25, 0.3) is 0 Å². The first-order chi connectivity index (χ1) is 12.3. The molecular weight excluding hydrogens is 345 g/mol. The van der Waals surface area contributed by atoms with Crippen LogP contribution in [-0.2, 0) is 7.05 Å². The first-order valence-corrected chi connectivity index (χ1v) is 8.12. The van der Waals surface area contributed by atoms with Crippen molar-refractivity contribution in [2.45, 2.75) is 19.0 Å². The van der Waals surface area contributed by atoms with Crippen molar-refractivity contribution < 1.29 is 13.2 Å². The third-order valence-electron chi connectivity index (χ3n) is 3.98. The summed E-state index contributed by atoms with van der Waals surface area (Å²) in [7, 11) is 1.68. The average Bonchev–Trinajstić information content (AvgIpc) is 2.99. The molecule has 0 aliphatic carbocycles. The largest absolute Gasteiger partial charge is 0.405 e. The minimum atomic E-state index is -4.34. The van der Waals surface area contributed by atoms with Crippen LogP contribution in [0.4, 0.5) is 24.9 Å². The summed E-state index contributed by atoms with van der Waals surface area (Å²) in [6.45, 7) is 1.42. The van der Waals surface area contributed by atoms with Crippen LogP contribution < -0.4 is 10.6 Å². The number of nitrogens with zero attached hydrogens (tertiary/aromatic N) is 4. The number of rotatable bonds is 6. The van der Waals surface area contributed by atoms with Gasteiger partial charge in [-0.1, -0.05) is 37.3 Å². The number of halogens is 3. The van der Waals surface area contributed by atoms with E-state index >= 15 is 0 Å². The minimum absolute atomic E-state index is 0.107. The molecule has 0 saturated carbocycles. The highest BCUT2D eigenvalue weighted by molar-refractivity contribution is 5.87. The highest BCUT2D eigenvalue weighted by Crippen LogP contribution is 2.24. The number of anilines is 2. The van der Waals surface area contributed by atoms with Crippen molar-refractivity contribution >= 4 is 22.8 Å². The second-order valence-electron chi connectivity index (χ2n) is 6.06. The molecule has 1 atom stereocenters. The van der Waals surface area contributed by atoms with E-state index in [9.17, 15) is 13.2 Å². The number of alkyl halides is 3. The molecule has 2 heterocycles. The molecule has 0 saturated heterocycles. The van der Waals surface area contributed by atoms with Crippen LogP contribution in [0.5, 0.6) is 0 Å². The molecule has 2 aromatic heterocycles. The molecule has 0 radical (unpaired) electrons. The fourth-order valence-corrected chi connectivity index (χ4v) is 2.56. The fourth-order valence-electron chi connectivity index (χ4n) is 2.56. The summed E-state index contributed by atoms with van der Waals surface area (Å²) < 4.78 is 39.1. The maximum Gasteiger partial charge on any atom is 0.405 e. The lowest BCUT2D eigenvalue weighted by molar-refractivity contribution is -0.115. The van der Waals surface area contributed by atoms with Gasteiger partial charge in [0.15, 0.2) is 5.65 Å². The van der Waals surface area contributed by atoms with Crippen molar-refractivity contribution in [2.24, 2.45) is 7.05 Å². The van der Waals surface area contributed by atoms with Gasteiger partial charge in [0, 0.05) is 13.6 Å². The third kappa shape index (κ3) is 4.22. The van der Waals surface area contributed by atoms with Crippen molar-refractivity contribution in [3.05, 3.63) is 42.1 Å². The van der Waals surface area contributed by atoms with Gasteiger partial charge < -0.3 is 10.6 Å². The number of fused-ring (bicyclic) bond motifs is 1. The molecule has 3 aromatic rings. The summed E-state index contributed by atoms with van der Waals surface area (Å²) in [5.41, 5.74) is 1.61. The third-order valence-corrected chi connectivity index (χ3v) is 3.98. The number of aromatic nitrogens is 4. The van der Waals surface area contributed by atoms with Crippen molar-refractivity contribution in [3.8, 4) is 0 Å². The van der Waals surface area contributed by atoms with Crippen LogP contribution in [-0.4, -0.2) is 39.0 Å². The van der Waals surface area contributed by atoms with E-state index in [2.05, 4.69) is 25.7 Å². The first-order valence-electron chi connectivity index (χ1n) is 8.12. The Labute approximate surface area is 148 Å². The molecule has 138 valence electrons. The zero-order valence-electron chi connectivity index (χ0n) is 14.4. The molecule has 9 heteroatoms. The Hall–Kier alpha value is -2.84. The molecule has 0 amide bonds. The summed E-state index contributed by atoms with van der Waals surface area (Å²) in [6, 6.07) is 9.91. The van der Waals surface area contributed by atoms with E-state index < -0.39 is 12.7 Å². The van der Waals surface area contributed by atoms with Gasteiger partial charge in [0.05, 0.1) is 11.6 Å². The summed E-state index contributed by atoms with van der Waals surface area (Å²) in [5.74, 6) is 0.553. The van der Waals surface area contributed by atoms with Crippen LogP contribution in [0.25, 0.3) is 11.0 Å². The van der Waals surface area contributed by atoms with Gasteiger partial charge in [-0.3, -0.25) is 4.68 Å². The molecule has 0 aliphatic rings. The van der Waals surface area contributed by atoms with Crippen LogP contribution in [0.3, 0.4) is 0 Å². The Balaban J connectivity index is 1.80. The van der Waals surface area contributed by atoms with E-state index in [0.717, 1.165) is 5.56 Å². The second kappa shape index (κ2) is 7.19. The number of hydrogen-bond acceptors (Lipinski definition) is 5. The molecule has 3 rings (SSSR count). The monoisotopic (exact) mass is 364 g/mol. The van der Waals surface area contributed by atoms with Crippen LogP contribution in [0.1, 0.15) is 18.4 Å². The lowest BCUT2D eigenvalue weighted by atomic mass is 10.0. The standard InChI is InChI=1S/C17H19F3N6/c1-11(12-6-4-3-5-7-12)8-21-16-24-14(22-10-17(18,19)20)13-9-23-26(2)15(13)25-16/h3-7,9,11H,8,10H2,1-2H3,(H2,21,22,24,25). The van der Waals surface area contributed by atoms with E-state index in [0.29, 0.717) is 17.6 Å². The maximum absolute atomic E-state index is 12.5. The molecular formula is C17H19F3N6. The summed E-state index contributed by atoms with van der Waals surface area (Å²) in [6.07, 6.45) is -2.89. The number of nitrogens with one attached hydrogen (secondary N) is 2. The van der Waals surface area contributed by atoms with Crippen LogP contribution in [0, 0.1) is 0 Å². The summed E-state index contributed by atoms with van der Waals surface area (Å²) >= 11 is 0. The normalized spacial score (nSPS) is 13.0. The van der Waals surface area contributed by atoms with Crippen molar-refractivity contribution in [2.75, 3.05) is 23.7 Å². The van der Waals surface area contributed by atoms with E-state index in [1.54, 1.807) is 7.05 Å². The van der Waals surface area contributed by atoms with E-state index in [1.807, 2.05) is 37.3 Å². The Morgan fingerprint density at radius 3 is 2.54 bits per heavy atom. The van der Waals surface area contributed by atoms with Crippen molar-refractivity contribution in [1.29, 1.82) is 0 Å². The highest BCUT2D eigenvalue weighted by atomic mass is 19.4. The smallest absolute Gasteiger partial charge is 0.360 e. The SMILES string of the molecule is CC(CNc1nc(NCC(F)(F)F)c2cnn(C)c2n1)c1ccccc1. The summed E-state index contributed by atoms with van der Waals surface area (Å²) in [5, 5.41) is 9.93. The van der Waals surface area contributed by atoms with Gasteiger partial charge in [0.2, 0.25) is 5.95 Å². The molecule has 2 N–H and O–H groups in total. The van der Waals surface area contributed by atoms with Crippen LogP contribution in [0.15, 0.2) is 36.5 Å². The predicted molar refractivity (Wildman–Crippen MR) is 94.2 cm³/mol. The van der Waals surface area contributed by atoms with E-state index in [1.165, 1.54) is 10.9 Å². The lowest BCUT2D eigenvalue weighted by Crippen LogP contribution is -2.22. The Morgan fingerprint density at radius 1 is 1.12 bits per heavy atom. The first kappa shape index (κ1) is 18.0. The number of hydrogen-bond donors (Lipinski definition) is 2. The van der Waals surface area contributed by atoms with Gasteiger partial charge in [-0.05, 0) is 11.5 Å². The topological polar surface area (TPSA) is 67.7 Å². The number of benzene rings is 1. The molecule has 0 bridgehead atoms. The highest BCUT2D eigenvalue weighted by Gasteiger charge is 2.27. The Bertz CT molecular complexity index is 875. The maximum atomic E-state index is 12.5. The van der Waals surface area contributed by atoms with E-state index in [4.69, 9.17) is 0 Å². The molecule has 0 fully saturated rings. The lowest BCUT2D eigenvalue weighted by Gasteiger charge is -2.15. The summed E-state index contributed by atoms with van der Waals surface area (Å²) in [4.78, 5) is 8.56.